The number of nitrogens with zero attached hydrogens (tertiary/aromatic N) is 2. The summed E-state index contributed by atoms with van der Waals surface area (Å²) in [4.78, 5) is 7.18. The van der Waals surface area contributed by atoms with Crippen molar-refractivity contribution in [1.82, 2.24) is 9.88 Å². The Morgan fingerprint density at radius 3 is 2.77 bits per heavy atom. The highest BCUT2D eigenvalue weighted by atomic mass is 15.2. The molecule has 0 saturated carbocycles. The average molecular weight is 340 g/mol. The first-order chi connectivity index (χ1) is 12.9. The second-order valence-electron chi connectivity index (χ2n) is 7.62. The van der Waals surface area contributed by atoms with E-state index in [2.05, 4.69) is 70.6 Å². The van der Waals surface area contributed by atoms with Gasteiger partial charge in [0.15, 0.2) is 0 Å². The number of pyridine rings is 1. The fourth-order valence-electron chi connectivity index (χ4n) is 4.65. The Balaban J connectivity index is 1.46. The number of fused-ring (bicyclic) bond motifs is 3. The van der Waals surface area contributed by atoms with Gasteiger partial charge >= 0.3 is 0 Å². The van der Waals surface area contributed by atoms with Crippen molar-refractivity contribution in [3.8, 4) is 0 Å². The van der Waals surface area contributed by atoms with Gasteiger partial charge in [-0.15, -0.1) is 0 Å². The van der Waals surface area contributed by atoms with E-state index in [4.69, 9.17) is 0 Å². The quantitative estimate of drug-likeness (QED) is 0.630. The molecular weight excluding hydrogens is 316 g/mol. The molecule has 0 aliphatic carbocycles. The average Bonchev–Trinajstić information content (AvgIpc) is 2.68. The van der Waals surface area contributed by atoms with Crippen LogP contribution in [0.3, 0.4) is 0 Å². The summed E-state index contributed by atoms with van der Waals surface area (Å²) in [5.41, 5.74) is 5.41. The highest BCUT2D eigenvalue weighted by Gasteiger charge is 2.34. The van der Waals surface area contributed by atoms with Crippen LogP contribution in [-0.4, -0.2) is 22.0 Å². The SMILES string of the molecule is C1=C(c2ccc3ncccc3c2)CC2CCCC1N2Cc1ccccc1. The second-order valence-corrected chi connectivity index (χ2v) is 7.62. The van der Waals surface area contributed by atoms with E-state index in [-0.39, 0.29) is 0 Å². The molecule has 2 bridgehead atoms. The summed E-state index contributed by atoms with van der Waals surface area (Å²) in [6, 6.07) is 23.1. The molecule has 2 unspecified atom stereocenters. The summed E-state index contributed by atoms with van der Waals surface area (Å²) in [6.07, 6.45) is 9.52. The molecule has 2 heteroatoms. The van der Waals surface area contributed by atoms with Gasteiger partial charge in [-0.05, 0) is 54.2 Å². The highest BCUT2D eigenvalue weighted by Crippen LogP contribution is 2.38. The van der Waals surface area contributed by atoms with E-state index in [0.717, 1.165) is 18.5 Å². The monoisotopic (exact) mass is 340 g/mol. The molecule has 2 aliphatic rings. The topological polar surface area (TPSA) is 16.1 Å². The van der Waals surface area contributed by atoms with Gasteiger partial charge in [-0.25, -0.2) is 0 Å². The van der Waals surface area contributed by atoms with Crippen LogP contribution in [0.15, 0.2) is 72.9 Å². The largest absolute Gasteiger partial charge is 0.289 e. The lowest BCUT2D eigenvalue weighted by Gasteiger charge is -2.45. The molecule has 0 radical (unpaired) electrons. The number of hydrogen-bond donors (Lipinski definition) is 0. The van der Waals surface area contributed by atoms with Gasteiger partial charge in [0.1, 0.15) is 0 Å². The third kappa shape index (κ3) is 2.95. The predicted octanol–water partition coefficient (Wildman–Crippen LogP) is 5.45. The Morgan fingerprint density at radius 2 is 1.88 bits per heavy atom. The number of aromatic nitrogens is 1. The van der Waals surface area contributed by atoms with Crippen LogP contribution in [0.4, 0.5) is 0 Å². The molecule has 2 nitrogen and oxygen atoms in total. The maximum absolute atomic E-state index is 4.46. The molecule has 5 rings (SSSR count). The Bertz CT molecular complexity index is 945. The van der Waals surface area contributed by atoms with Crippen LogP contribution < -0.4 is 0 Å². The summed E-state index contributed by atoms with van der Waals surface area (Å²) < 4.78 is 0. The standard InChI is InChI=1S/C24H24N2/c1-2-6-18(7-3-1)17-26-22-9-4-10-23(26)16-21(15-22)19-11-12-24-20(14-19)8-5-13-25-24/h1-3,5-8,11-15,22-23H,4,9-10,16-17H2. The zero-order valence-electron chi connectivity index (χ0n) is 15.0. The van der Waals surface area contributed by atoms with E-state index in [1.807, 2.05) is 12.3 Å². The second kappa shape index (κ2) is 6.69. The first-order valence-electron chi connectivity index (χ1n) is 9.72. The smallest absolute Gasteiger partial charge is 0.0702 e. The summed E-state index contributed by atoms with van der Waals surface area (Å²) in [7, 11) is 0. The zero-order valence-corrected chi connectivity index (χ0v) is 15.0. The van der Waals surface area contributed by atoms with Crippen molar-refractivity contribution in [2.24, 2.45) is 0 Å². The van der Waals surface area contributed by atoms with Gasteiger partial charge in [0, 0.05) is 30.2 Å². The Kier molecular flexibility index (Phi) is 4.06. The van der Waals surface area contributed by atoms with Crippen LogP contribution in [0.1, 0.15) is 36.8 Å². The summed E-state index contributed by atoms with van der Waals surface area (Å²) in [5.74, 6) is 0. The Hall–Kier alpha value is -2.45. The van der Waals surface area contributed by atoms with Crippen molar-refractivity contribution < 1.29 is 0 Å². The van der Waals surface area contributed by atoms with E-state index < -0.39 is 0 Å². The maximum atomic E-state index is 4.46. The van der Waals surface area contributed by atoms with Crippen molar-refractivity contribution in [3.05, 3.63) is 84.1 Å². The van der Waals surface area contributed by atoms with Crippen molar-refractivity contribution >= 4 is 16.5 Å². The van der Waals surface area contributed by atoms with Crippen LogP contribution in [-0.2, 0) is 6.54 Å². The summed E-state index contributed by atoms with van der Waals surface area (Å²) >= 11 is 0. The predicted molar refractivity (Wildman–Crippen MR) is 108 cm³/mol. The van der Waals surface area contributed by atoms with Crippen LogP contribution in [0.2, 0.25) is 0 Å². The lowest BCUT2D eigenvalue weighted by Crippen LogP contribution is -2.47. The van der Waals surface area contributed by atoms with E-state index in [0.29, 0.717) is 12.1 Å². The fraction of sp³-hybridized carbons (Fsp3) is 0.292. The minimum absolute atomic E-state index is 0.572. The van der Waals surface area contributed by atoms with Crippen LogP contribution in [0.5, 0.6) is 0 Å². The minimum atomic E-state index is 0.572. The molecular formula is C24H24N2. The first kappa shape index (κ1) is 15.8. The van der Waals surface area contributed by atoms with Crippen LogP contribution in [0, 0.1) is 0 Å². The van der Waals surface area contributed by atoms with E-state index in [9.17, 15) is 0 Å². The van der Waals surface area contributed by atoms with Crippen molar-refractivity contribution in [3.63, 3.8) is 0 Å². The van der Waals surface area contributed by atoms with E-state index >= 15 is 0 Å². The van der Waals surface area contributed by atoms with Gasteiger partial charge in [-0.1, -0.05) is 55.0 Å². The fourth-order valence-corrected chi connectivity index (χ4v) is 4.65. The molecule has 130 valence electrons. The third-order valence-electron chi connectivity index (χ3n) is 5.96. The molecule has 2 aromatic carbocycles. The lowest BCUT2D eigenvalue weighted by molar-refractivity contribution is 0.0951. The molecule has 26 heavy (non-hydrogen) atoms. The van der Waals surface area contributed by atoms with Gasteiger partial charge in [0.2, 0.25) is 0 Å². The van der Waals surface area contributed by atoms with Gasteiger partial charge in [0.05, 0.1) is 5.52 Å². The number of hydrogen-bond acceptors (Lipinski definition) is 2. The first-order valence-corrected chi connectivity index (χ1v) is 9.72. The molecule has 1 fully saturated rings. The molecule has 1 saturated heterocycles. The van der Waals surface area contributed by atoms with Crippen molar-refractivity contribution in [2.45, 2.75) is 44.3 Å². The highest BCUT2D eigenvalue weighted by molar-refractivity contribution is 5.83. The normalized spacial score (nSPS) is 23.0. The van der Waals surface area contributed by atoms with Crippen molar-refractivity contribution in [1.29, 1.82) is 0 Å². The minimum Gasteiger partial charge on any atom is -0.289 e. The molecule has 0 spiro atoms. The molecule has 1 aromatic heterocycles. The zero-order chi connectivity index (χ0) is 17.3. The molecule has 0 amide bonds. The molecule has 2 aliphatic heterocycles. The summed E-state index contributed by atoms with van der Waals surface area (Å²) in [6.45, 7) is 1.07. The van der Waals surface area contributed by atoms with Crippen LogP contribution in [0.25, 0.3) is 16.5 Å². The summed E-state index contributed by atoms with van der Waals surface area (Å²) in [5, 5.41) is 1.24. The van der Waals surface area contributed by atoms with Crippen LogP contribution >= 0.6 is 0 Å². The molecule has 3 heterocycles. The Morgan fingerprint density at radius 1 is 0.962 bits per heavy atom. The van der Waals surface area contributed by atoms with E-state index in [1.54, 1.807) is 0 Å². The van der Waals surface area contributed by atoms with Gasteiger partial charge in [-0.2, -0.15) is 0 Å². The number of rotatable bonds is 3. The van der Waals surface area contributed by atoms with Gasteiger partial charge < -0.3 is 0 Å². The Labute approximate surface area is 155 Å². The molecule has 2 atom stereocenters. The third-order valence-corrected chi connectivity index (χ3v) is 5.96. The maximum Gasteiger partial charge on any atom is 0.0702 e. The van der Waals surface area contributed by atoms with Crippen molar-refractivity contribution in [2.75, 3.05) is 0 Å². The van der Waals surface area contributed by atoms with Gasteiger partial charge in [-0.3, -0.25) is 9.88 Å². The number of piperidine rings is 1. The molecule has 0 N–H and O–H groups in total. The van der Waals surface area contributed by atoms with Gasteiger partial charge in [0.25, 0.3) is 0 Å². The van der Waals surface area contributed by atoms with E-state index in [1.165, 1.54) is 41.3 Å². The number of benzene rings is 2. The molecule has 3 aromatic rings. The lowest BCUT2D eigenvalue weighted by atomic mass is 9.82.